The van der Waals surface area contributed by atoms with E-state index in [1.165, 1.54) is 17.7 Å². The van der Waals surface area contributed by atoms with Gasteiger partial charge in [-0.25, -0.2) is 0 Å². The van der Waals surface area contributed by atoms with Crippen molar-refractivity contribution >= 4 is 35.5 Å². The lowest BCUT2D eigenvalue weighted by Crippen LogP contribution is -2.14. The molecule has 0 saturated heterocycles. The van der Waals surface area contributed by atoms with Crippen LogP contribution in [0.25, 0.3) is 0 Å². The van der Waals surface area contributed by atoms with Gasteiger partial charge in [-0.2, -0.15) is 0 Å². The lowest BCUT2D eigenvalue weighted by Gasteiger charge is -2.10. The van der Waals surface area contributed by atoms with Gasteiger partial charge in [-0.15, -0.1) is 12.4 Å². The molecule has 0 amide bonds. The highest BCUT2D eigenvalue weighted by atomic mass is 35.5. The Morgan fingerprint density at radius 3 is 1.11 bits per heavy atom. The molecule has 5 rings (SSSR count). The average Bonchev–Trinajstić information content (AvgIpc) is 3.04. The van der Waals surface area contributed by atoms with E-state index in [2.05, 4.69) is 19.1 Å². The summed E-state index contributed by atoms with van der Waals surface area (Å²) in [6, 6.07) is 37.0. The Balaban J connectivity index is 0.000000294. The molecule has 46 heavy (non-hydrogen) atoms. The summed E-state index contributed by atoms with van der Waals surface area (Å²) >= 11 is 0. The molecule has 0 aliphatic heterocycles. The fraction of sp³-hybridized carbons (Fsp3) is 0.150. The normalized spacial score (nSPS) is 9.89. The first-order valence-electron chi connectivity index (χ1n) is 14.6. The SMILES string of the molecule is CN(C)C.Cc1cc(C)c(C(=O)c2ccccc2)c(C)c1.Cl.O=C(C(=O)c1ccc(C(=O)c2ccccc2)cc1)c1ccccc1. The van der Waals surface area contributed by atoms with Crippen LogP contribution < -0.4 is 0 Å². The van der Waals surface area contributed by atoms with Crippen molar-refractivity contribution in [2.24, 2.45) is 0 Å². The summed E-state index contributed by atoms with van der Waals surface area (Å²) in [6.45, 7) is 6.04. The third-order valence-corrected chi connectivity index (χ3v) is 6.63. The van der Waals surface area contributed by atoms with Crippen LogP contribution in [-0.4, -0.2) is 49.2 Å². The van der Waals surface area contributed by atoms with E-state index in [0.29, 0.717) is 16.7 Å². The first-order chi connectivity index (χ1) is 21.5. The number of nitrogens with zero attached hydrogens (tertiary/aromatic N) is 1. The first kappa shape index (κ1) is 37.2. The van der Waals surface area contributed by atoms with Crippen molar-refractivity contribution in [3.63, 3.8) is 0 Å². The number of benzene rings is 5. The molecular formula is C40H40ClNO4. The van der Waals surface area contributed by atoms with E-state index < -0.39 is 11.6 Å². The zero-order valence-electron chi connectivity index (χ0n) is 27.1. The minimum Gasteiger partial charge on any atom is -0.312 e. The Morgan fingerprint density at radius 1 is 0.435 bits per heavy atom. The quantitative estimate of drug-likeness (QED) is 0.133. The molecule has 0 aromatic heterocycles. The number of carbonyl (C=O) groups is 4. The fourth-order valence-corrected chi connectivity index (χ4v) is 4.65. The van der Waals surface area contributed by atoms with Crippen LogP contribution in [0.1, 0.15) is 69.2 Å². The van der Waals surface area contributed by atoms with Crippen molar-refractivity contribution in [2.75, 3.05) is 21.1 Å². The van der Waals surface area contributed by atoms with Crippen LogP contribution in [0.15, 0.2) is 127 Å². The van der Waals surface area contributed by atoms with Crippen molar-refractivity contribution in [1.29, 1.82) is 0 Å². The summed E-state index contributed by atoms with van der Waals surface area (Å²) in [5.41, 5.74) is 6.57. The van der Waals surface area contributed by atoms with E-state index in [4.69, 9.17) is 0 Å². The van der Waals surface area contributed by atoms with E-state index >= 15 is 0 Å². The van der Waals surface area contributed by atoms with Gasteiger partial charge < -0.3 is 4.90 Å². The van der Waals surface area contributed by atoms with Crippen molar-refractivity contribution in [2.45, 2.75) is 20.8 Å². The molecule has 0 unspecified atom stereocenters. The molecular weight excluding hydrogens is 594 g/mol. The summed E-state index contributed by atoms with van der Waals surface area (Å²) in [5.74, 6) is -1.15. The van der Waals surface area contributed by atoms with Crippen LogP contribution in [-0.2, 0) is 0 Å². The van der Waals surface area contributed by atoms with Crippen LogP contribution in [0.3, 0.4) is 0 Å². The molecule has 0 atom stereocenters. The maximum atomic E-state index is 12.4. The molecule has 6 heteroatoms. The summed E-state index contributed by atoms with van der Waals surface area (Å²) in [5, 5.41) is 0. The molecule has 0 N–H and O–H groups in total. The summed E-state index contributed by atoms with van der Waals surface area (Å²) < 4.78 is 0. The van der Waals surface area contributed by atoms with Gasteiger partial charge in [0.05, 0.1) is 0 Å². The second-order valence-corrected chi connectivity index (χ2v) is 11.1. The second-order valence-electron chi connectivity index (χ2n) is 11.1. The van der Waals surface area contributed by atoms with Crippen LogP contribution in [0.2, 0.25) is 0 Å². The molecule has 0 fully saturated rings. The smallest absolute Gasteiger partial charge is 0.233 e. The molecule has 0 aliphatic rings. The van der Waals surface area contributed by atoms with Crippen molar-refractivity contribution in [1.82, 2.24) is 4.90 Å². The van der Waals surface area contributed by atoms with E-state index in [0.717, 1.165) is 22.3 Å². The highest BCUT2D eigenvalue weighted by molar-refractivity contribution is 6.49. The Kier molecular flexibility index (Phi) is 14.7. The topological polar surface area (TPSA) is 71.5 Å². The first-order valence-corrected chi connectivity index (χ1v) is 14.6. The van der Waals surface area contributed by atoms with Gasteiger partial charge in [0.2, 0.25) is 11.6 Å². The minimum atomic E-state index is -0.583. The molecule has 236 valence electrons. The maximum Gasteiger partial charge on any atom is 0.233 e. The van der Waals surface area contributed by atoms with Gasteiger partial charge in [-0.3, -0.25) is 19.2 Å². The minimum absolute atomic E-state index is 0. The molecule has 0 saturated carbocycles. The Morgan fingerprint density at radius 2 is 0.717 bits per heavy atom. The predicted molar refractivity (Wildman–Crippen MR) is 189 cm³/mol. The largest absolute Gasteiger partial charge is 0.312 e. The van der Waals surface area contributed by atoms with Gasteiger partial charge in [0.1, 0.15) is 0 Å². The number of hydrogen-bond donors (Lipinski definition) is 0. The molecule has 0 heterocycles. The molecule has 5 aromatic rings. The van der Waals surface area contributed by atoms with Gasteiger partial charge in [0, 0.05) is 33.4 Å². The highest BCUT2D eigenvalue weighted by Crippen LogP contribution is 2.20. The lowest BCUT2D eigenvalue weighted by molar-refractivity contribution is 0.0817. The van der Waals surface area contributed by atoms with Gasteiger partial charge in [0.15, 0.2) is 11.6 Å². The molecule has 0 aliphatic carbocycles. The molecule has 0 radical (unpaired) electrons. The van der Waals surface area contributed by atoms with Gasteiger partial charge in [-0.05, 0) is 53.0 Å². The Labute approximate surface area is 278 Å². The molecule has 0 bridgehead atoms. The number of halogens is 1. The summed E-state index contributed by atoms with van der Waals surface area (Å²) in [4.78, 5) is 51.2. The Hall–Kier alpha value is -4.97. The van der Waals surface area contributed by atoms with Gasteiger partial charge in [-0.1, -0.05) is 133 Å². The number of rotatable bonds is 7. The number of hydrogen-bond acceptors (Lipinski definition) is 5. The third-order valence-electron chi connectivity index (χ3n) is 6.63. The zero-order chi connectivity index (χ0) is 32.9. The summed E-state index contributed by atoms with van der Waals surface area (Å²) in [7, 11) is 6.00. The molecule has 5 nitrogen and oxygen atoms in total. The number of carbonyl (C=O) groups excluding carboxylic acids is 4. The Bertz CT molecular complexity index is 1720. The van der Waals surface area contributed by atoms with Crippen LogP contribution in [0, 0.1) is 20.8 Å². The van der Waals surface area contributed by atoms with Crippen molar-refractivity contribution in [3.05, 3.63) is 177 Å². The van der Waals surface area contributed by atoms with E-state index in [1.807, 2.05) is 76.3 Å². The van der Waals surface area contributed by atoms with Crippen molar-refractivity contribution in [3.8, 4) is 0 Å². The highest BCUT2D eigenvalue weighted by Gasteiger charge is 2.19. The van der Waals surface area contributed by atoms with Crippen molar-refractivity contribution < 1.29 is 19.2 Å². The van der Waals surface area contributed by atoms with E-state index in [-0.39, 0.29) is 29.5 Å². The fourth-order valence-electron chi connectivity index (χ4n) is 4.65. The predicted octanol–water partition coefficient (Wildman–Crippen LogP) is 8.43. The lowest BCUT2D eigenvalue weighted by atomic mass is 9.93. The monoisotopic (exact) mass is 633 g/mol. The average molecular weight is 634 g/mol. The van der Waals surface area contributed by atoms with E-state index in [9.17, 15) is 19.2 Å². The molecule has 5 aromatic carbocycles. The van der Waals surface area contributed by atoms with Crippen LogP contribution in [0.5, 0.6) is 0 Å². The standard InChI is InChI=1S/C21H14O3.C16H16O.C3H9N.ClH/c22-19(15-7-3-1-4-8-15)17-11-13-18(14-12-17)21(24)20(23)16-9-5-2-6-10-16;1-11-9-12(2)15(13(3)10-11)16(17)14-7-5-4-6-8-14;1-4(2)3;/h1-14H;4-10H,1-3H3;1-3H3;1H. The van der Waals surface area contributed by atoms with Gasteiger partial charge in [0.25, 0.3) is 0 Å². The number of ketones is 4. The maximum absolute atomic E-state index is 12.4. The van der Waals surface area contributed by atoms with Crippen LogP contribution in [0.4, 0.5) is 0 Å². The zero-order valence-corrected chi connectivity index (χ0v) is 27.9. The molecule has 0 spiro atoms. The van der Waals surface area contributed by atoms with Crippen LogP contribution >= 0.6 is 12.4 Å². The van der Waals surface area contributed by atoms with E-state index in [1.54, 1.807) is 66.7 Å². The summed E-state index contributed by atoms with van der Waals surface area (Å²) in [6.07, 6.45) is 0. The number of Topliss-reactive ketones (excluding diaryl/α,β-unsaturated/α-hetero) is 2. The number of aryl methyl sites for hydroxylation is 3. The van der Waals surface area contributed by atoms with Gasteiger partial charge >= 0.3 is 0 Å². The second kappa shape index (κ2) is 18.1. The third kappa shape index (κ3) is 10.6.